The van der Waals surface area contributed by atoms with Crippen LogP contribution in [0, 0.1) is 6.92 Å². The molecule has 2 aromatic rings. The van der Waals surface area contributed by atoms with Gasteiger partial charge < -0.3 is 4.74 Å². The van der Waals surface area contributed by atoms with Gasteiger partial charge in [-0.25, -0.2) is 13.1 Å². The van der Waals surface area contributed by atoms with E-state index < -0.39 is 10.0 Å². The largest absolute Gasteiger partial charge is 0.493 e. The number of benzene rings is 2. The summed E-state index contributed by atoms with van der Waals surface area (Å²) < 4.78 is 32.8. The number of rotatable bonds is 5. The second-order valence-corrected chi connectivity index (χ2v) is 7.71. The Morgan fingerprint density at radius 2 is 2.00 bits per heavy atom. The second kappa shape index (κ2) is 6.72. The molecule has 0 aliphatic carbocycles. The molecular formula is C18H21NO3S. The normalized spacial score (nSPS) is 14.1. The van der Waals surface area contributed by atoms with Gasteiger partial charge in [-0.05, 0) is 48.1 Å². The number of hydrogen-bond donors (Lipinski definition) is 1. The van der Waals surface area contributed by atoms with Crippen molar-refractivity contribution in [2.45, 2.75) is 32.1 Å². The van der Waals surface area contributed by atoms with Gasteiger partial charge in [-0.15, -0.1) is 0 Å². The first-order valence-corrected chi connectivity index (χ1v) is 9.45. The van der Waals surface area contributed by atoms with Gasteiger partial charge in [0.05, 0.1) is 12.4 Å². The fourth-order valence-corrected chi connectivity index (χ4v) is 3.97. The van der Waals surface area contributed by atoms with E-state index in [0.717, 1.165) is 47.5 Å². The van der Waals surface area contributed by atoms with Crippen molar-refractivity contribution in [1.82, 2.24) is 4.72 Å². The molecule has 1 heterocycles. The molecule has 0 aromatic heterocycles. The van der Waals surface area contributed by atoms with Crippen LogP contribution in [0.5, 0.6) is 5.75 Å². The van der Waals surface area contributed by atoms with Crippen LogP contribution in [-0.4, -0.2) is 15.0 Å². The van der Waals surface area contributed by atoms with Crippen molar-refractivity contribution in [3.8, 4) is 5.75 Å². The van der Waals surface area contributed by atoms with Gasteiger partial charge >= 0.3 is 0 Å². The maximum Gasteiger partial charge on any atom is 0.216 e. The molecule has 0 saturated carbocycles. The predicted octanol–water partition coefficient (Wildman–Crippen LogP) is 2.94. The summed E-state index contributed by atoms with van der Waals surface area (Å²) in [6, 6.07) is 13.4. The van der Waals surface area contributed by atoms with E-state index in [4.69, 9.17) is 4.74 Å². The van der Waals surface area contributed by atoms with Gasteiger partial charge in [0.25, 0.3) is 0 Å². The first-order chi connectivity index (χ1) is 11.0. The van der Waals surface area contributed by atoms with Gasteiger partial charge in [0, 0.05) is 6.54 Å². The Bertz CT molecular complexity index is 800. The summed E-state index contributed by atoms with van der Waals surface area (Å²) in [4.78, 5) is 0. The maximum atomic E-state index is 12.3. The smallest absolute Gasteiger partial charge is 0.216 e. The molecule has 5 heteroatoms. The van der Waals surface area contributed by atoms with Crippen molar-refractivity contribution in [3.05, 3.63) is 64.7 Å². The third kappa shape index (κ3) is 4.12. The molecular weight excluding hydrogens is 310 g/mol. The fourth-order valence-electron chi connectivity index (χ4n) is 2.74. The molecule has 1 aliphatic heterocycles. The molecule has 0 amide bonds. The number of sulfonamides is 1. The van der Waals surface area contributed by atoms with Gasteiger partial charge in [-0.3, -0.25) is 0 Å². The summed E-state index contributed by atoms with van der Waals surface area (Å²) in [5, 5.41) is 0. The number of aryl methyl sites for hydroxylation is 2. The second-order valence-electron chi connectivity index (χ2n) is 5.90. The van der Waals surface area contributed by atoms with Crippen molar-refractivity contribution >= 4 is 10.0 Å². The van der Waals surface area contributed by atoms with Crippen molar-refractivity contribution < 1.29 is 13.2 Å². The summed E-state index contributed by atoms with van der Waals surface area (Å²) in [5.41, 5.74) is 3.94. The summed E-state index contributed by atoms with van der Waals surface area (Å²) in [6.07, 6.45) is 1.99. The number of ether oxygens (including phenoxy) is 1. The lowest BCUT2D eigenvalue weighted by atomic mass is 10.0. The average molecular weight is 331 g/mol. The minimum absolute atomic E-state index is 0.00766. The summed E-state index contributed by atoms with van der Waals surface area (Å²) in [5.74, 6) is 0.927. The molecule has 0 unspecified atom stereocenters. The topological polar surface area (TPSA) is 55.4 Å². The lowest BCUT2D eigenvalue weighted by Crippen LogP contribution is -2.25. The van der Waals surface area contributed by atoms with E-state index in [0.29, 0.717) is 6.54 Å². The lowest BCUT2D eigenvalue weighted by molar-refractivity contribution is 0.288. The molecule has 0 spiro atoms. The Morgan fingerprint density at radius 3 is 2.83 bits per heavy atom. The standard InChI is InChI=1S/C18H21NO3S/c1-14-5-2-3-6-17(14)13-23(20,21)19-12-15-8-9-18-16(11-15)7-4-10-22-18/h2-3,5-6,8-9,11,19H,4,7,10,12-13H2,1H3. The Hall–Kier alpha value is -1.85. The van der Waals surface area contributed by atoms with Crippen LogP contribution in [0.2, 0.25) is 0 Å². The van der Waals surface area contributed by atoms with Gasteiger partial charge in [0.2, 0.25) is 10.0 Å². The first kappa shape index (κ1) is 16.0. The zero-order chi connectivity index (χ0) is 16.3. The third-order valence-corrected chi connectivity index (χ3v) is 5.35. The SMILES string of the molecule is Cc1ccccc1CS(=O)(=O)NCc1ccc2c(c1)CCCO2. The zero-order valence-corrected chi connectivity index (χ0v) is 14.0. The van der Waals surface area contributed by atoms with Crippen LogP contribution in [-0.2, 0) is 28.7 Å². The van der Waals surface area contributed by atoms with Crippen LogP contribution in [0.25, 0.3) is 0 Å². The predicted molar refractivity (Wildman–Crippen MR) is 90.9 cm³/mol. The molecule has 2 aromatic carbocycles. The first-order valence-electron chi connectivity index (χ1n) is 7.80. The van der Waals surface area contributed by atoms with Crippen LogP contribution < -0.4 is 9.46 Å². The molecule has 3 rings (SSSR count). The van der Waals surface area contributed by atoms with E-state index in [1.807, 2.05) is 49.4 Å². The Morgan fingerprint density at radius 1 is 1.17 bits per heavy atom. The molecule has 1 N–H and O–H groups in total. The minimum Gasteiger partial charge on any atom is -0.493 e. The summed E-state index contributed by atoms with van der Waals surface area (Å²) in [6.45, 7) is 2.99. The zero-order valence-electron chi connectivity index (χ0n) is 13.2. The van der Waals surface area contributed by atoms with Crippen LogP contribution in [0.4, 0.5) is 0 Å². The van der Waals surface area contributed by atoms with Crippen molar-refractivity contribution in [2.75, 3.05) is 6.61 Å². The summed E-state index contributed by atoms with van der Waals surface area (Å²) >= 11 is 0. The van der Waals surface area contributed by atoms with E-state index in [-0.39, 0.29) is 5.75 Å². The number of fused-ring (bicyclic) bond motifs is 1. The van der Waals surface area contributed by atoms with E-state index in [9.17, 15) is 8.42 Å². The summed E-state index contributed by atoms with van der Waals surface area (Å²) in [7, 11) is -3.36. The highest BCUT2D eigenvalue weighted by Gasteiger charge is 2.14. The lowest BCUT2D eigenvalue weighted by Gasteiger charge is -2.18. The van der Waals surface area contributed by atoms with Crippen molar-refractivity contribution in [3.63, 3.8) is 0 Å². The quantitative estimate of drug-likeness (QED) is 0.916. The molecule has 1 aliphatic rings. The average Bonchev–Trinajstić information content (AvgIpc) is 2.55. The van der Waals surface area contributed by atoms with Crippen LogP contribution in [0.1, 0.15) is 28.7 Å². The van der Waals surface area contributed by atoms with Gasteiger partial charge in [0.1, 0.15) is 5.75 Å². The van der Waals surface area contributed by atoms with Crippen LogP contribution >= 0.6 is 0 Å². The highest BCUT2D eigenvalue weighted by Crippen LogP contribution is 2.25. The van der Waals surface area contributed by atoms with Crippen molar-refractivity contribution in [1.29, 1.82) is 0 Å². The van der Waals surface area contributed by atoms with E-state index in [2.05, 4.69) is 4.72 Å². The van der Waals surface area contributed by atoms with Gasteiger partial charge in [-0.1, -0.05) is 36.4 Å². The van der Waals surface area contributed by atoms with Crippen LogP contribution in [0.15, 0.2) is 42.5 Å². The van der Waals surface area contributed by atoms with E-state index >= 15 is 0 Å². The third-order valence-electron chi connectivity index (χ3n) is 4.08. The number of hydrogen-bond acceptors (Lipinski definition) is 3. The van der Waals surface area contributed by atoms with Crippen LogP contribution in [0.3, 0.4) is 0 Å². The molecule has 0 atom stereocenters. The number of nitrogens with one attached hydrogen (secondary N) is 1. The molecule has 4 nitrogen and oxygen atoms in total. The highest BCUT2D eigenvalue weighted by molar-refractivity contribution is 7.88. The molecule has 0 radical (unpaired) electrons. The maximum absolute atomic E-state index is 12.3. The van der Waals surface area contributed by atoms with E-state index in [1.165, 1.54) is 0 Å². The Labute approximate surface area is 137 Å². The van der Waals surface area contributed by atoms with Gasteiger partial charge in [-0.2, -0.15) is 0 Å². The van der Waals surface area contributed by atoms with Gasteiger partial charge in [0.15, 0.2) is 0 Å². The molecule has 23 heavy (non-hydrogen) atoms. The van der Waals surface area contributed by atoms with E-state index in [1.54, 1.807) is 0 Å². The highest BCUT2D eigenvalue weighted by atomic mass is 32.2. The molecule has 0 saturated heterocycles. The molecule has 0 fully saturated rings. The minimum atomic E-state index is -3.36. The monoisotopic (exact) mass is 331 g/mol. The Kier molecular flexibility index (Phi) is 4.68. The Balaban J connectivity index is 1.66. The molecule has 0 bridgehead atoms. The van der Waals surface area contributed by atoms with Crippen molar-refractivity contribution in [2.24, 2.45) is 0 Å². The molecule has 122 valence electrons. The fraction of sp³-hybridized carbons (Fsp3) is 0.333.